The summed E-state index contributed by atoms with van der Waals surface area (Å²) in [4.78, 5) is 10.2. The van der Waals surface area contributed by atoms with Gasteiger partial charge in [0.2, 0.25) is 0 Å². The van der Waals surface area contributed by atoms with Gasteiger partial charge in [-0.25, -0.2) is 9.98 Å². The SMILES string of the molecule is c1ccc(C2=NC(c3cccc4c3sc3cc(-n5c6ccccc6c6ccc(-c7ccccc7)cc65)ccc34)NC(c3ccccc3)=N2)cc1. The Kier molecular flexibility index (Phi) is 6.71. The summed E-state index contributed by atoms with van der Waals surface area (Å²) in [6.45, 7) is 0. The average Bonchev–Trinajstić information content (AvgIpc) is 3.73. The first-order valence-corrected chi connectivity index (χ1v) is 17.7. The molecule has 5 heteroatoms. The minimum atomic E-state index is -0.289. The Hall–Kier alpha value is -6.30. The van der Waals surface area contributed by atoms with Crippen LogP contribution in [0.25, 0.3) is 58.8 Å². The summed E-state index contributed by atoms with van der Waals surface area (Å²) >= 11 is 1.84. The van der Waals surface area contributed by atoms with Crippen LogP contribution in [-0.4, -0.2) is 16.2 Å². The molecule has 2 aromatic heterocycles. The zero-order chi connectivity index (χ0) is 33.0. The van der Waals surface area contributed by atoms with Crippen molar-refractivity contribution >= 4 is 65.0 Å². The highest BCUT2D eigenvalue weighted by atomic mass is 32.1. The monoisotopic (exact) mass is 658 g/mol. The second-order valence-electron chi connectivity index (χ2n) is 12.6. The van der Waals surface area contributed by atoms with Crippen molar-refractivity contribution in [3.8, 4) is 16.8 Å². The fourth-order valence-electron chi connectivity index (χ4n) is 7.29. The van der Waals surface area contributed by atoms with Gasteiger partial charge >= 0.3 is 0 Å². The molecule has 1 aliphatic rings. The Morgan fingerprint density at radius 2 is 1.16 bits per heavy atom. The van der Waals surface area contributed by atoms with Gasteiger partial charge in [0.25, 0.3) is 0 Å². The molecular formula is C45H30N4S. The van der Waals surface area contributed by atoms with E-state index in [1.54, 1.807) is 0 Å². The van der Waals surface area contributed by atoms with Gasteiger partial charge < -0.3 is 9.88 Å². The van der Waals surface area contributed by atoms with Gasteiger partial charge in [0.1, 0.15) is 12.0 Å². The molecule has 0 spiro atoms. The van der Waals surface area contributed by atoms with Crippen molar-refractivity contribution < 1.29 is 0 Å². The predicted molar refractivity (Wildman–Crippen MR) is 211 cm³/mol. The molecule has 1 unspecified atom stereocenters. The molecule has 236 valence electrons. The zero-order valence-electron chi connectivity index (χ0n) is 27.0. The number of amidine groups is 2. The van der Waals surface area contributed by atoms with E-state index in [0.29, 0.717) is 0 Å². The molecule has 1 aliphatic heterocycles. The first-order valence-electron chi connectivity index (χ1n) is 16.9. The van der Waals surface area contributed by atoms with Gasteiger partial charge in [-0.2, -0.15) is 0 Å². The van der Waals surface area contributed by atoms with Gasteiger partial charge in [-0.3, -0.25) is 0 Å². The summed E-state index contributed by atoms with van der Waals surface area (Å²) < 4.78 is 4.90. The average molecular weight is 659 g/mol. The van der Waals surface area contributed by atoms with Crippen LogP contribution in [0.2, 0.25) is 0 Å². The molecule has 9 aromatic rings. The number of fused-ring (bicyclic) bond motifs is 6. The van der Waals surface area contributed by atoms with E-state index >= 15 is 0 Å². The van der Waals surface area contributed by atoms with E-state index in [1.807, 2.05) is 47.7 Å². The Balaban J connectivity index is 1.13. The van der Waals surface area contributed by atoms with Crippen molar-refractivity contribution in [2.45, 2.75) is 6.17 Å². The second kappa shape index (κ2) is 11.7. The van der Waals surface area contributed by atoms with Crippen LogP contribution in [0.4, 0.5) is 0 Å². The maximum Gasteiger partial charge on any atom is 0.159 e. The van der Waals surface area contributed by atoms with Gasteiger partial charge in [0, 0.05) is 53.3 Å². The molecule has 0 amide bonds. The molecule has 0 saturated carbocycles. The number of para-hydroxylation sites is 1. The quantitative estimate of drug-likeness (QED) is 0.196. The molecule has 1 N–H and O–H groups in total. The van der Waals surface area contributed by atoms with Gasteiger partial charge in [-0.1, -0.05) is 146 Å². The number of nitrogens with one attached hydrogen (secondary N) is 1. The molecular weight excluding hydrogens is 629 g/mol. The third-order valence-corrected chi connectivity index (χ3v) is 10.9. The topological polar surface area (TPSA) is 41.7 Å². The minimum absolute atomic E-state index is 0.289. The van der Waals surface area contributed by atoms with Crippen molar-refractivity contribution in [2.75, 3.05) is 0 Å². The van der Waals surface area contributed by atoms with Crippen molar-refractivity contribution in [1.29, 1.82) is 0 Å². The van der Waals surface area contributed by atoms with Crippen molar-refractivity contribution in [1.82, 2.24) is 9.88 Å². The highest BCUT2D eigenvalue weighted by molar-refractivity contribution is 7.26. The third kappa shape index (κ3) is 4.74. The summed E-state index contributed by atoms with van der Waals surface area (Å²) in [7, 11) is 0. The van der Waals surface area contributed by atoms with E-state index in [-0.39, 0.29) is 6.17 Å². The molecule has 0 bridgehead atoms. The lowest BCUT2D eigenvalue weighted by Crippen LogP contribution is -2.33. The van der Waals surface area contributed by atoms with Gasteiger partial charge in [0.05, 0.1) is 11.0 Å². The smallest absolute Gasteiger partial charge is 0.159 e. The first-order chi connectivity index (χ1) is 24.8. The molecule has 1 atom stereocenters. The van der Waals surface area contributed by atoms with Gasteiger partial charge in [-0.15, -0.1) is 11.3 Å². The van der Waals surface area contributed by atoms with Crippen LogP contribution in [0.15, 0.2) is 180 Å². The van der Waals surface area contributed by atoms with Crippen LogP contribution < -0.4 is 5.32 Å². The lowest BCUT2D eigenvalue weighted by molar-refractivity contribution is 0.680. The van der Waals surface area contributed by atoms with Crippen LogP contribution in [0.5, 0.6) is 0 Å². The van der Waals surface area contributed by atoms with Crippen LogP contribution in [0.3, 0.4) is 0 Å². The summed E-state index contributed by atoms with van der Waals surface area (Å²) in [5.41, 5.74) is 9.17. The van der Waals surface area contributed by atoms with Crippen LogP contribution in [-0.2, 0) is 0 Å². The van der Waals surface area contributed by atoms with E-state index in [1.165, 1.54) is 53.1 Å². The number of hydrogen-bond acceptors (Lipinski definition) is 4. The molecule has 50 heavy (non-hydrogen) atoms. The molecule has 4 nitrogen and oxygen atoms in total. The molecule has 0 radical (unpaired) electrons. The fourth-order valence-corrected chi connectivity index (χ4v) is 8.56. The number of nitrogens with zero attached hydrogens (tertiary/aromatic N) is 3. The zero-order valence-corrected chi connectivity index (χ0v) is 27.8. The van der Waals surface area contributed by atoms with Gasteiger partial charge in [0.15, 0.2) is 5.84 Å². The number of aromatic nitrogens is 1. The maximum absolute atomic E-state index is 5.20. The van der Waals surface area contributed by atoms with E-state index in [0.717, 1.165) is 34.0 Å². The predicted octanol–water partition coefficient (Wildman–Crippen LogP) is 11.3. The molecule has 7 aromatic carbocycles. The fraction of sp³-hybridized carbons (Fsp3) is 0.0222. The molecule has 10 rings (SSSR count). The largest absolute Gasteiger partial charge is 0.344 e. The summed E-state index contributed by atoms with van der Waals surface area (Å²) in [6.07, 6.45) is -0.289. The van der Waals surface area contributed by atoms with Crippen molar-refractivity contribution in [3.05, 3.63) is 187 Å². The van der Waals surface area contributed by atoms with E-state index in [9.17, 15) is 0 Å². The Morgan fingerprint density at radius 3 is 1.96 bits per heavy atom. The van der Waals surface area contributed by atoms with E-state index in [2.05, 4.69) is 143 Å². The van der Waals surface area contributed by atoms with Crippen LogP contribution >= 0.6 is 11.3 Å². The summed E-state index contributed by atoms with van der Waals surface area (Å²) in [6, 6.07) is 60.3. The molecule has 0 saturated heterocycles. The number of benzene rings is 7. The Morgan fingerprint density at radius 1 is 0.500 bits per heavy atom. The summed E-state index contributed by atoms with van der Waals surface area (Å²) in [5, 5.41) is 8.68. The van der Waals surface area contributed by atoms with E-state index in [4.69, 9.17) is 9.98 Å². The lowest BCUT2D eigenvalue weighted by atomic mass is 10.0. The minimum Gasteiger partial charge on any atom is -0.344 e. The van der Waals surface area contributed by atoms with Gasteiger partial charge in [-0.05, 0) is 35.4 Å². The first kappa shape index (κ1) is 28.7. The maximum atomic E-state index is 5.20. The second-order valence-corrected chi connectivity index (χ2v) is 13.7. The molecule has 3 heterocycles. The highest BCUT2D eigenvalue weighted by Gasteiger charge is 2.24. The number of aliphatic imine (C=N–C) groups is 2. The number of hydrogen-bond donors (Lipinski definition) is 1. The third-order valence-electron chi connectivity index (χ3n) is 9.67. The van der Waals surface area contributed by atoms with Crippen molar-refractivity contribution in [3.63, 3.8) is 0 Å². The molecule has 0 fully saturated rings. The number of rotatable bonds is 5. The number of thiophene rings is 1. The van der Waals surface area contributed by atoms with Crippen molar-refractivity contribution in [2.24, 2.45) is 9.98 Å². The van der Waals surface area contributed by atoms with Crippen LogP contribution in [0, 0.1) is 0 Å². The van der Waals surface area contributed by atoms with Crippen LogP contribution in [0.1, 0.15) is 22.9 Å². The lowest BCUT2D eigenvalue weighted by Gasteiger charge is -2.24. The van der Waals surface area contributed by atoms with E-state index < -0.39 is 0 Å². The Labute approximate surface area is 293 Å². The highest BCUT2D eigenvalue weighted by Crippen LogP contribution is 2.41. The Bertz CT molecular complexity index is 2780. The standard InChI is InChI=1S/C45H30N4S/c1-4-13-29(14-5-1)32-23-25-35-34-19-10-11-22-39(34)49(40(35)27-32)33-24-26-36-37-20-12-21-38(42(37)50-41(36)28-33)45-47-43(30-15-6-2-7-16-30)46-44(48-45)31-17-8-3-9-18-31/h1-28,45H,(H,46,47,48). The summed E-state index contributed by atoms with van der Waals surface area (Å²) in [5.74, 6) is 1.56. The molecule has 0 aliphatic carbocycles. The normalized spacial score (nSPS) is 14.6.